The fraction of sp³-hybridized carbons (Fsp3) is 0.200. The average Bonchev–Trinajstić information content (AvgIpc) is 2.78. The molecule has 3 aromatic rings. The van der Waals surface area contributed by atoms with Gasteiger partial charge in [-0.05, 0) is 74.2 Å². The van der Waals surface area contributed by atoms with E-state index in [0.29, 0.717) is 0 Å². The van der Waals surface area contributed by atoms with Crippen molar-refractivity contribution in [2.24, 2.45) is 5.10 Å². The summed E-state index contributed by atoms with van der Waals surface area (Å²) in [5, 5.41) is 4.25. The van der Waals surface area contributed by atoms with E-state index in [1.165, 1.54) is 17.7 Å². The smallest absolute Gasteiger partial charge is 0.264 e. The minimum atomic E-state index is -4.05. The third kappa shape index (κ3) is 5.61. The molecule has 0 saturated heterocycles. The molecule has 0 aliphatic carbocycles. The number of nitrogens with zero attached hydrogens (tertiary/aromatic N) is 2. The second-order valence-electron chi connectivity index (χ2n) is 7.79. The Labute approximate surface area is 200 Å². The highest BCUT2D eigenvalue weighted by Crippen LogP contribution is 2.30. The number of hydrogen-bond acceptors (Lipinski definition) is 4. The fourth-order valence-electron chi connectivity index (χ4n) is 3.25. The number of carbonyl (C=O) groups excluding carboxylic acids is 1. The SMILES string of the molecule is Cc1ccc(S(=O)(=O)N(CC(=O)N/N=C\c2ccc(C)c(C)c2C)c2ccccc2Cl)cc1. The number of carbonyl (C=O) groups is 1. The summed E-state index contributed by atoms with van der Waals surface area (Å²) in [4.78, 5) is 12.8. The van der Waals surface area contributed by atoms with Crippen LogP contribution in [0.4, 0.5) is 5.69 Å². The molecule has 8 heteroatoms. The Kier molecular flexibility index (Phi) is 7.56. The van der Waals surface area contributed by atoms with Crippen LogP contribution in [-0.4, -0.2) is 27.1 Å². The fourth-order valence-corrected chi connectivity index (χ4v) is 4.98. The monoisotopic (exact) mass is 483 g/mol. The molecule has 0 radical (unpaired) electrons. The summed E-state index contributed by atoms with van der Waals surface area (Å²) in [7, 11) is -4.05. The van der Waals surface area contributed by atoms with E-state index in [-0.39, 0.29) is 15.6 Å². The Balaban J connectivity index is 1.86. The van der Waals surface area contributed by atoms with Crippen LogP contribution in [-0.2, 0) is 14.8 Å². The van der Waals surface area contributed by atoms with Gasteiger partial charge in [0.25, 0.3) is 15.9 Å². The van der Waals surface area contributed by atoms with Crippen LogP contribution in [0.1, 0.15) is 27.8 Å². The van der Waals surface area contributed by atoms with Crippen molar-refractivity contribution in [1.29, 1.82) is 0 Å². The second kappa shape index (κ2) is 10.2. The molecule has 0 saturated carbocycles. The topological polar surface area (TPSA) is 78.8 Å². The van der Waals surface area contributed by atoms with Crippen molar-refractivity contribution in [1.82, 2.24) is 5.43 Å². The van der Waals surface area contributed by atoms with Crippen LogP contribution in [0.25, 0.3) is 0 Å². The first-order chi connectivity index (χ1) is 15.6. The van der Waals surface area contributed by atoms with Gasteiger partial charge in [-0.2, -0.15) is 5.10 Å². The highest BCUT2D eigenvalue weighted by atomic mass is 35.5. The number of aryl methyl sites for hydroxylation is 2. The van der Waals surface area contributed by atoms with Crippen LogP contribution in [0.3, 0.4) is 0 Å². The van der Waals surface area contributed by atoms with Gasteiger partial charge in [0.15, 0.2) is 0 Å². The highest BCUT2D eigenvalue weighted by Gasteiger charge is 2.28. The van der Waals surface area contributed by atoms with E-state index < -0.39 is 22.5 Å². The lowest BCUT2D eigenvalue weighted by atomic mass is 10.00. The van der Waals surface area contributed by atoms with Crippen molar-refractivity contribution in [3.8, 4) is 0 Å². The van der Waals surface area contributed by atoms with Crippen molar-refractivity contribution in [2.75, 3.05) is 10.8 Å². The molecule has 3 rings (SSSR count). The van der Waals surface area contributed by atoms with Gasteiger partial charge in [0, 0.05) is 0 Å². The number of para-hydroxylation sites is 1. The van der Waals surface area contributed by atoms with Crippen molar-refractivity contribution in [3.63, 3.8) is 0 Å². The number of halogens is 1. The summed E-state index contributed by atoms with van der Waals surface area (Å²) in [6, 6.07) is 16.8. The molecular weight excluding hydrogens is 458 g/mol. The van der Waals surface area contributed by atoms with Crippen LogP contribution in [0.2, 0.25) is 5.02 Å². The lowest BCUT2D eigenvalue weighted by molar-refractivity contribution is -0.119. The molecule has 0 aliphatic rings. The van der Waals surface area contributed by atoms with E-state index in [0.717, 1.165) is 26.6 Å². The van der Waals surface area contributed by atoms with Gasteiger partial charge >= 0.3 is 0 Å². The minimum absolute atomic E-state index is 0.0649. The zero-order chi connectivity index (χ0) is 24.2. The molecule has 0 unspecified atom stereocenters. The third-order valence-corrected chi connectivity index (χ3v) is 7.60. The number of rotatable bonds is 7. The molecule has 33 heavy (non-hydrogen) atoms. The molecule has 6 nitrogen and oxygen atoms in total. The summed E-state index contributed by atoms with van der Waals surface area (Å²) in [5.74, 6) is -0.594. The highest BCUT2D eigenvalue weighted by molar-refractivity contribution is 7.92. The first-order valence-corrected chi connectivity index (χ1v) is 12.2. The van der Waals surface area contributed by atoms with Gasteiger partial charge in [-0.3, -0.25) is 9.10 Å². The van der Waals surface area contributed by atoms with E-state index in [1.54, 1.807) is 42.6 Å². The lowest BCUT2D eigenvalue weighted by Crippen LogP contribution is -2.39. The molecule has 0 heterocycles. The summed E-state index contributed by atoms with van der Waals surface area (Å²) in [5.41, 5.74) is 7.82. The predicted molar refractivity (Wildman–Crippen MR) is 134 cm³/mol. The quantitative estimate of drug-likeness (QED) is 0.382. The Bertz CT molecular complexity index is 1300. The van der Waals surface area contributed by atoms with Gasteiger partial charge in [-0.15, -0.1) is 0 Å². The molecule has 3 aromatic carbocycles. The molecule has 1 N–H and O–H groups in total. The minimum Gasteiger partial charge on any atom is -0.271 e. The number of anilines is 1. The normalized spacial score (nSPS) is 11.5. The summed E-state index contributed by atoms with van der Waals surface area (Å²) >= 11 is 6.28. The molecule has 172 valence electrons. The molecule has 0 fully saturated rings. The van der Waals surface area contributed by atoms with E-state index in [9.17, 15) is 13.2 Å². The number of hydrogen-bond donors (Lipinski definition) is 1. The Morgan fingerprint density at radius 3 is 2.30 bits per heavy atom. The lowest BCUT2D eigenvalue weighted by Gasteiger charge is -2.24. The third-order valence-electron chi connectivity index (χ3n) is 5.51. The van der Waals surface area contributed by atoms with Crippen molar-refractivity contribution in [2.45, 2.75) is 32.6 Å². The van der Waals surface area contributed by atoms with Crippen LogP contribution in [0, 0.1) is 27.7 Å². The van der Waals surface area contributed by atoms with Crippen molar-refractivity contribution >= 4 is 39.4 Å². The maximum Gasteiger partial charge on any atom is 0.264 e. The van der Waals surface area contributed by atoms with E-state index >= 15 is 0 Å². The molecule has 0 aromatic heterocycles. The van der Waals surface area contributed by atoms with Crippen molar-refractivity contribution in [3.05, 3.63) is 93.5 Å². The molecule has 0 aliphatic heterocycles. The number of amides is 1. The van der Waals surface area contributed by atoms with Crippen LogP contribution in [0.5, 0.6) is 0 Å². The van der Waals surface area contributed by atoms with Crippen LogP contribution < -0.4 is 9.73 Å². The van der Waals surface area contributed by atoms with Gasteiger partial charge in [0.05, 0.1) is 21.8 Å². The number of sulfonamides is 1. The first kappa shape index (κ1) is 24.5. The van der Waals surface area contributed by atoms with Gasteiger partial charge in [-0.1, -0.05) is 53.6 Å². The summed E-state index contributed by atoms with van der Waals surface area (Å²) in [6.07, 6.45) is 1.55. The standard InChI is InChI=1S/C25H26ClN3O3S/c1-17-9-13-22(14-10-17)33(31,32)29(24-8-6-5-7-23(24)26)16-25(30)28-27-15-21-12-11-18(2)19(3)20(21)4/h5-15H,16H2,1-4H3,(H,28,30)/b27-15-. The number of nitrogens with one attached hydrogen (secondary N) is 1. The van der Waals surface area contributed by atoms with E-state index in [2.05, 4.69) is 10.5 Å². The van der Waals surface area contributed by atoms with Crippen LogP contribution >= 0.6 is 11.6 Å². The zero-order valence-corrected chi connectivity index (χ0v) is 20.5. The maximum absolute atomic E-state index is 13.4. The largest absolute Gasteiger partial charge is 0.271 e. The summed E-state index contributed by atoms with van der Waals surface area (Å²) in [6.45, 7) is 7.42. The van der Waals surface area contributed by atoms with Gasteiger partial charge in [-0.25, -0.2) is 13.8 Å². The molecule has 0 bridgehead atoms. The molecular formula is C25H26ClN3O3S. The van der Waals surface area contributed by atoms with Gasteiger partial charge in [0.2, 0.25) is 0 Å². The summed E-state index contributed by atoms with van der Waals surface area (Å²) < 4.78 is 27.8. The van der Waals surface area contributed by atoms with Gasteiger partial charge < -0.3 is 0 Å². The Hall–Kier alpha value is -3.16. The van der Waals surface area contributed by atoms with E-state index in [1.807, 2.05) is 39.8 Å². The van der Waals surface area contributed by atoms with Crippen molar-refractivity contribution < 1.29 is 13.2 Å². The zero-order valence-electron chi connectivity index (χ0n) is 19.0. The predicted octanol–water partition coefficient (Wildman–Crippen LogP) is 4.92. The van der Waals surface area contributed by atoms with Crippen LogP contribution in [0.15, 0.2) is 70.7 Å². The Morgan fingerprint density at radius 1 is 0.970 bits per heavy atom. The maximum atomic E-state index is 13.4. The van der Waals surface area contributed by atoms with Gasteiger partial charge in [0.1, 0.15) is 6.54 Å². The number of hydrazone groups is 1. The Morgan fingerprint density at radius 2 is 1.64 bits per heavy atom. The first-order valence-electron chi connectivity index (χ1n) is 10.3. The molecule has 0 spiro atoms. The number of benzene rings is 3. The second-order valence-corrected chi connectivity index (χ2v) is 10.1. The van der Waals surface area contributed by atoms with E-state index in [4.69, 9.17) is 11.6 Å². The molecule has 0 atom stereocenters. The average molecular weight is 484 g/mol. The molecule has 1 amide bonds.